The van der Waals surface area contributed by atoms with Gasteiger partial charge < -0.3 is 57.9 Å². The molecule has 0 bridgehead atoms. The first-order valence-electron chi connectivity index (χ1n) is 21.6. The second-order valence-corrected chi connectivity index (χ2v) is 21.1. The molecule has 2 unspecified atom stereocenters. The van der Waals surface area contributed by atoms with E-state index in [4.69, 9.17) is 17.5 Å². The molecule has 24 nitrogen and oxygen atoms in total. The molecule has 2 rings (SSSR count). The van der Waals surface area contributed by atoms with Crippen molar-refractivity contribution in [3.63, 3.8) is 0 Å². The lowest BCUT2D eigenvalue weighted by Gasteiger charge is -2.29. The second kappa shape index (κ2) is 33.2. The molecule has 1 aliphatic rings. The molecule has 1 heterocycles. The predicted octanol–water partition coefficient (Wildman–Crippen LogP) is -2.89. The van der Waals surface area contributed by atoms with Gasteiger partial charge in [0.25, 0.3) is 0 Å². The highest BCUT2D eigenvalue weighted by Gasteiger charge is 2.40. The molecule has 0 aliphatic carbocycles. The summed E-state index contributed by atoms with van der Waals surface area (Å²) in [6.07, 6.45) is -3.18. The number of hydrogen-bond donors (Lipinski definition) is 16. The summed E-state index contributed by atoms with van der Waals surface area (Å²) in [4.78, 5) is 147. The second-order valence-electron chi connectivity index (χ2n) is 15.9. The van der Waals surface area contributed by atoms with E-state index in [9.17, 15) is 68.1 Å². The quantitative estimate of drug-likeness (QED) is 0.0143. The molecule has 0 spiro atoms. The van der Waals surface area contributed by atoms with E-state index in [1.807, 2.05) is 0 Å². The Hall–Kier alpha value is -3.79. The topological polar surface area (TPSA) is 374 Å². The maximum Gasteiger partial charge on any atom is 0.303 e. The average Bonchev–Trinajstić information content (AvgIpc) is 3.68. The summed E-state index contributed by atoms with van der Waals surface area (Å²) in [5.74, 6) is -10.5. The largest absolute Gasteiger partial charge is 0.508 e. The summed E-state index contributed by atoms with van der Waals surface area (Å²) in [6.45, 7) is 2.31. The van der Waals surface area contributed by atoms with Crippen molar-refractivity contribution in [3.05, 3.63) is 29.8 Å². The maximum atomic E-state index is 14.3. The third-order valence-corrected chi connectivity index (χ3v) is 15.0. The summed E-state index contributed by atoms with van der Waals surface area (Å²) in [7, 11) is 3.04. The van der Waals surface area contributed by atoms with Gasteiger partial charge in [-0.05, 0) is 49.7 Å². The van der Waals surface area contributed by atoms with Gasteiger partial charge in [-0.15, -0.1) is 11.7 Å². The number of primary amides is 1. The first kappa shape index (κ1) is 64.3. The summed E-state index contributed by atoms with van der Waals surface area (Å²) in [5.41, 5.74) is 5.57. The van der Waals surface area contributed by atoms with E-state index in [0.717, 1.165) is 39.3 Å². The Bertz CT molecular complexity index is 2090. The number of carbonyl (C=O) groups excluding carboxylic acids is 10. The van der Waals surface area contributed by atoms with E-state index in [0.29, 0.717) is 5.56 Å². The molecule has 32 heteroatoms. The van der Waals surface area contributed by atoms with Crippen molar-refractivity contribution in [2.75, 3.05) is 41.2 Å². The van der Waals surface area contributed by atoms with Gasteiger partial charge in [-0.3, -0.25) is 58.1 Å². The number of hydrogen-bond acceptors (Lipinski definition) is 22. The normalized spacial score (nSPS) is 17.1. The van der Waals surface area contributed by atoms with Gasteiger partial charge in [0, 0.05) is 41.6 Å². The number of Topliss-reactive ketones (excluding diaryl/α,β-unsaturated/α-hetero) is 2. The van der Waals surface area contributed by atoms with Crippen molar-refractivity contribution in [2.45, 2.75) is 100 Å². The van der Waals surface area contributed by atoms with Crippen LogP contribution in [0.1, 0.15) is 38.7 Å². The number of carbonyl (C=O) groups is 11. The Balaban J connectivity index is 2.40. The number of aliphatic carboxylic acids is 1. The fourth-order valence-electron chi connectivity index (χ4n) is 6.37. The molecule has 1 saturated heterocycles. The molecule has 10 atom stereocenters. The van der Waals surface area contributed by atoms with Crippen LogP contribution < -0.4 is 47.8 Å². The van der Waals surface area contributed by atoms with Crippen molar-refractivity contribution >= 4 is 158 Å². The third kappa shape index (κ3) is 21.6. The molecule has 0 radical (unpaired) electrons. The Morgan fingerprint density at radius 3 is 1.81 bits per heavy atom. The Labute approximate surface area is 453 Å². The van der Waals surface area contributed by atoms with E-state index < -0.39 is 145 Å². The lowest BCUT2D eigenvalue weighted by atomic mass is 10.0. The molecule has 13 N–H and O–H groups in total. The molecule has 72 heavy (non-hydrogen) atoms. The number of carboxylic acid groups (broad SMARTS) is 1. The number of halogens is 1. The van der Waals surface area contributed by atoms with E-state index >= 15 is 0 Å². The zero-order valence-electron chi connectivity index (χ0n) is 38.6. The average molecular weight is 1160 g/mol. The van der Waals surface area contributed by atoms with Crippen LogP contribution in [0.3, 0.4) is 0 Å². The smallest absolute Gasteiger partial charge is 0.303 e. The van der Waals surface area contributed by atoms with Crippen LogP contribution in [0.25, 0.3) is 0 Å². The number of ketones is 2. The van der Waals surface area contributed by atoms with Gasteiger partial charge in [0.1, 0.15) is 42.0 Å². The highest BCUT2D eigenvalue weighted by Crippen LogP contribution is 2.26. The van der Waals surface area contributed by atoms with Crippen LogP contribution in [0.5, 0.6) is 5.75 Å². The lowest BCUT2D eigenvalue weighted by Crippen LogP contribution is -2.60. The first-order chi connectivity index (χ1) is 34.0. The summed E-state index contributed by atoms with van der Waals surface area (Å²) in [6, 6.07) is -6.31. The first-order valence-corrected chi connectivity index (χ1v) is 28.4. The Morgan fingerprint density at radius 1 is 0.792 bits per heavy atom. The lowest BCUT2D eigenvalue weighted by molar-refractivity contribution is -0.140. The van der Waals surface area contributed by atoms with Crippen molar-refractivity contribution in [2.24, 2.45) is 5.73 Å². The van der Waals surface area contributed by atoms with Crippen LogP contribution in [-0.2, 0) is 59.2 Å². The highest BCUT2D eigenvalue weighted by atomic mass is 35.5. The molecule has 1 aromatic carbocycles. The fraction of sp³-hybridized carbons (Fsp3) is 0.575. The van der Waals surface area contributed by atoms with Crippen molar-refractivity contribution in [1.82, 2.24) is 47.0 Å². The minimum absolute atomic E-state index is 0.112. The van der Waals surface area contributed by atoms with Crippen LogP contribution >= 0.6 is 93.7 Å². The molecule has 8 amide bonds. The third-order valence-electron chi connectivity index (χ3n) is 10.4. The molecule has 0 aromatic heterocycles. The number of nitrogens with two attached hydrogens (primary N) is 1. The van der Waals surface area contributed by atoms with Crippen molar-refractivity contribution in [1.29, 1.82) is 0 Å². The zero-order chi connectivity index (χ0) is 54.2. The number of carboxylic acids is 1. The number of nitrogens with one attached hydrogen (secondary N) is 8. The predicted molar refractivity (Wildman–Crippen MR) is 285 cm³/mol. The summed E-state index contributed by atoms with van der Waals surface area (Å²) in [5, 5.41) is 47.0. The zero-order valence-corrected chi connectivity index (χ0v) is 45.4. The number of phenolic OH excluding ortho intramolecular Hbond substituents is 1. The van der Waals surface area contributed by atoms with Crippen molar-refractivity contribution < 1.29 is 68.1 Å². The number of thiol groups is 4. The SMILES string of the molecule is CC(=O)[C@H](CC(N)=O)NC(=O)[C@H](CS)NC(=O)[C@H](CS)NC(=O)[C@H](Cc1ccc(O)cc1)NC(=O)[C@H](CCC(=O)O)NC(=O)C(CSSCC(=O)[C@H](CS)NC(=O)[C@@H](NCl)[C@@H](C)O)N1CNC(CSS)C1=O. The number of aliphatic hydroxyl groups is 1. The monoisotopic (exact) mass is 1160 g/mol. The molecule has 0 saturated carbocycles. The minimum atomic E-state index is -1.65. The number of nitrogens with zero attached hydrogens (tertiary/aromatic N) is 1. The summed E-state index contributed by atoms with van der Waals surface area (Å²) < 4.78 is 0. The van der Waals surface area contributed by atoms with Crippen LogP contribution in [0.2, 0.25) is 0 Å². The highest BCUT2D eigenvalue weighted by molar-refractivity contribution is 8.76. The van der Waals surface area contributed by atoms with Gasteiger partial charge in [0.05, 0.1) is 43.1 Å². The van der Waals surface area contributed by atoms with Crippen LogP contribution in [0.15, 0.2) is 24.3 Å². The fourth-order valence-corrected chi connectivity index (χ4v) is 10.5. The van der Waals surface area contributed by atoms with E-state index in [1.54, 1.807) is 0 Å². The van der Waals surface area contributed by atoms with Crippen LogP contribution in [0, 0.1) is 0 Å². The number of aromatic hydroxyl groups is 1. The number of aliphatic hydroxyl groups excluding tert-OH is 1. The maximum absolute atomic E-state index is 14.3. The van der Waals surface area contributed by atoms with Crippen molar-refractivity contribution in [3.8, 4) is 5.75 Å². The molecule has 1 aromatic rings. The van der Waals surface area contributed by atoms with Gasteiger partial charge in [0.2, 0.25) is 47.3 Å². The van der Waals surface area contributed by atoms with Crippen LogP contribution in [0.4, 0.5) is 0 Å². The molecule has 1 aliphatic heterocycles. The van der Waals surface area contributed by atoms with E-state index in [-0.39, 0.29) is 53.4 Å². The summed E-state index contributed by atoms with van der Waals surface area (Å²) >= 11 is 22.1. The van der Waals surface area contributed by atoms with Gasteiger partial charge in [-0.1, -0.05) is 44.5 Å². The molecular formula is C40H59ClN10O14S7. The minimum Gasteiger partial charge on any atom is -0.508 e. The Morgan fingerprint density at radius 2 is 1.31 bits per heavy atom. The van der Waals surface area contributed by atoms with Crippen LogP contribution in [-0.4, -0.2) is 187 Å². The standard InChI is InChI=1S/C40H59ClN10O14S7/c1-18(52)23(10-31(42)56)45-36(61)26(12-67)49-37(62)27(13-68)48-35(60)24(9-20-3-5-21(54)6-4-20)46-34(59)22(7-8-32(57)58)44-38(63)29(51-17-43-28(14-70-69)40(51)65)15-71-72-16-30(55)25(11-66)47-39(64)33(50-41)19(2)53/h3-6,19,22-29,33,43,50,53-54,66-69H,7-17H2,1-2H3,(H2,42,56)(H,44,63)(H,45,61)(H,46,59)(H,47,64)(H,48,60)(H,49,62)(H,57,58)/t19-,22+,23+,24+,25+,26+,27+,28?,29?,33+/m1/s1. The van der Waals surface area contributed by atoms with E-state index in [2.05, 4.69) is 91.6 Å². The Kier molecular flexibility index (Phi) is 29.7. The molecule has 402 valence electrons. The number of phenols is 1. The molecule has 1 fully saturated rings. The van der Waals surface area contributed by atoms with Gasteiger partial charge >= 0.3 is 5.97 Å². The number of amides is 8. The van der Waals surface area contributed by atoms with E-state index in [1.165, 1.54) is 36.1 Å². The number of rotatable bonds is 34. The number of benzene rings is 1. The molecular weight excluding hydrogens is 1100 g/mol. The van der Waals surface area contributed by atoms with Gasteiger partial charge in [0.15, 0.2) is 11.6 Å². The van der Waals surface area contributed by atoms with Gasteiger partial charge in [-0.2, -0.15) is 37.9 Å². The van der Waals surface area contributed by atoms with Gasteiger partial charge in [-0.25, -0.2) is 4.84 Å².